The van der Waals surface area contributed by atoms with E-state index in [1.54, 1.807) is 0 Å². The fourth-order valence-corrected chi connectivity index (χ4v) is 1.52. The molecule has 0 aliphatic rings. The molecule has 8 heteroatoms. The SMILES string of the molecule is COC(=O)C(C)Oc1cc(OC(F)(F)F)ccc1Br. The summed E-state index contributed by atoms with van der Waals surface area (Å²) in [6.07, 6.45) is -5.75. The Hall–Kier alpha value is -1.44. The van der Waals surface area contributed by atoms with Crippen molar-refractivity contribution in [2.75, 3.05) is 7.11 Å². The lowest BCUT2D eigenvalue weighted by molar-refractivity contribution is -0.274. The number of benzene rings is 1. The molecule has 0 aliphatic carbocycles. The zero-order valence-electron chi connectivity index (χ0n) is 9.95. The molecule has 0 amide bonds. The highest BCUT2D eigenvalue weighted by Crippen LogP contribution is 2.32. The van der Waals surface area contributed by atoms with Gasteiger partial charge in [0.05, 0.1) is 11.6 Å². The predicted molar refractivity (Wildman–Crippen MR) is 62.9 cm³/mol. The third-order valence-electron chi connectivity index (χ3n) is 1.97. The molecule has 0 saturated heterocycles. The van der Waals surface area contributed by atoms with Crippen molar-refractivity contribution in [1.82, 2.24) is 0 Å². The summed E-state index contributed by atoms with van der Waals surface area (Å²) in [5.41, 5.74) is 0. The number of carbonyl (C=O) groups excluding carboxylic acids is 1. The molecule has 1 unspecified atom stereocenters. The second kappa shape index (κ2) is 6.14. The standard InChI is InChI=1S/C11H10BrF3O4/c1-6(10(16)17-2)18-9-5-7(3-4-8(9)12)19-11(13,14)15/h3-6H,1-2H3. The van der Waals surface area contributed by atoms with Crippen LogP contribution in [-0.2, 0) is 9.53 Å². The van der Waals surface area contributed by atoms with Gasteiger partial charge in [-0.05, 0) is 35.0 Å². The summed E-state index contributed by atoms with van der Waals surface area (Å²) in [5, 5.41) is 0. The van der Waals surface area contributed by atoms with Crippen LogP contribution in [0.4, 0.5) is 13.2 Å². The van der Waals surface area contributed by atoms with E-state index in [0.717, 1.165) is 12.1 Å². The van der Waals surface area contributed by atoms with Gasteiger partial charge in [-0.3, -0.25) is 0 Å². The lowest BCUT2D eigenvalue weighted by atomic mass is 10.3. The Morgan fingerprint density at radius 3 is 2.53 bits per heavy atom. The van der Waals surface area contributed by atoms with Gasteiger partial charge in [-0.15, -0.1) is 13.2 Å². The molecule has 106 valence electrons. The maximum Gasteiger partial charge on any atom is 0.573 e. The van der Waals surface area contributed by atoms with Crippen LogP contribution in [0.2, 0.25) is 0 Å². The first-order chi connectivity index (χ1) is 8.73. The van der Waals surface area contributed by atoms with E-state index in [4.69, 9.17) is 4.74 Å². The molecule has 1 aromatic rings. The van der Waals surface area contributed by atoms with Crippen molar-refractivity contribution in [2.24, 2.45) is 0 Å². The topological polar surface area (TPSA) is 44.8 Å². The minimum absolute atomic E-state index is 0.0413. The summed E-state index contributed by atoms with van der Waals surface area (Å²) in [7, 11) is 1.18. The van der Waals surface area contributed by atoms with Crippen LogP contribution in [0.1, 0.15) is 6.92 Å². The molecule has 0 saturated carbocycles. The summed E-state index contributed by atoms with van der Waals surface area (Å²) in [5.74, 6) is -1.04. The third kappa shape index (κ3) is 4.98. The molecule has 0 fully saturated rings. The van der Waals surface area contributed by atoms with Gasteiger partial charge in [0.2, 0.25) is 0 Å². The molecule has 0 aromatic heterocycles. The van der Waals surface area contributed by atoms with Crippen molar-refractivity contribution in [3.63, 3.8) is 0 Å². The van der Waals surface area contributed by atoms with E-state index < -0.39 is 24.2 Å². The van der Waals surface area contributed by atoms with Crippen LogP contribution in [-0.4, -0.2) is 25.5 Å². The molecule has 0 aliphatic heterocycles. The Labute approximate surface area is 115 Å². The van der Waals surface area contributed by atoms with Gasteiger partial charge in [-0.2, -0.15) is 0 Å². The van der Waals surface area contributed by atoms with Gasteiger partial charge in [0, 0.05) is 6.07 Å². The number of hydrogen-bond donors (Lipinski definition) is 0. The molecule has 1 atom stereocenters. The molecule has 19 heavy (non-hydrogen) atoms. The van der Waals surface area contributed by atoms with Gasteiger partial charge in [-0.25, -0.2) is 4.79 Å². The fourth-order valence-electron chi connectivity index (χ4n) is 1.18. The monoisotopic (exact) mass is 342 g/mol. The zero-order chi connectivity index (χ0) is 14.6. The Kier molecular flexibility index (Phi) is 5.04. The van der Waals surface area contributed by atoms with Gasteiger partial charge in [0.25, 0.3) is 0 Å². The van der Waals surface area contributed by atoms with Crippen LogP contribution in [0.5, 0.6) is 11.5 Å². The van der Waals surface area contributed by atoms with Crippen molar-refractivity contribution in [1.29, 1.82) is 0 Å². The third-order valence-corrected chi connectivity index (χ3v) is 2.63. The van der Waals surface area contributed by atoms with Crippen LogP contribution >= 0.6 is 15.9 Å². The number of alkyl halides is 3. The van der Waals surface area contributed by atoms with Gasteiger partial charge in [-0.1, -0.05) is 0 Å². The van der Waals surface area contributed by atoms with E-state index in [0.29, 0.717) is 4.47 Å². The minimum atomic E-state index is -4.79. The molecule has 1 aromatic carbocycles. The quantitative estimate of drug-likeness (QED) is 0.787. The zero-order valence-corrected chi connectivity index (χ0v) is 11.5. The molecular weight excluding hydrogens is 333 g/mol. The van der Waals surface area contributed by atoms with Crippen molar-refractivity contribution in [3.8, 4) is 11.5 Å². The minimum Gasteiger partial charge on any atom is -0.478 e. The Balaban J connectivity index is 2.88. The Bertz CT molecular complexity index is 462. The second-order valence-electron chi connectivity index (χ2n) is 3.42. The number of halogens is 4. The lowest BCUT2D eigenvalue weighted by Gasteiger charge is -2.15. The van der Waals surface area contributed by atoms with E-state index in [1.165, 1.54) is 20.1 Å². The summed E-state index contributed by atoms with van der Waals surface area (Å²) in [4.78, 5) is 11.2. The van der Waals surface area contributed by atoms with Crippen molar-refractivity contribution in [3.05, 3.63) is 22.7 Å². The van der Waals surface area contributed by atoms with Gasteiger partial charge in [0.15, 0.2) is 6.10 Å². The number of hydrogen-bond acceptors (Lipinski definition) is 4. The largest absolute Gasteiger partial charge is 0.573 e. The van der Waals surface area contributed by atoms with Gasteiger partial charge >= 0.3 is 12.3 Å². The van der Waals surface area contributed by atoms with Gasteiger partial charge in [0.1, 0.15) is 11.5 Å². The highest BCUT2D eigenvalue weighted by atomic mass is 79.9. The first kappa shape index (κ1) is 15.6. The maximum absolute atomic E-state index is 12.1. The van der Waals surface area contributed by atoms with E-state index >= 15 is 0 Å². The van der Waals surface area contributed by atoms with E-state index in [2.05, 4.69) is 25.4 Å². The average Bonchev–Trinajstić information content (AvgIpc) is 2.30. The first-order valence-corrected chi connectivity index (χ1v) is 5.82. The van der Waals surface area contributed by atoms with Crippen molar-refractivity contribution < 1.29 is 32.2 Å². The molecular formula is C11H10BrF3O4. The summed E-state index contributed by atoms with van der Waals surface area (Å²) < 4.78 is 50.0. The number of esters is 1. The van der Waals surface area contributed by atoms with Gasteiger partial charge < -0.3 is 14.2 Å². The van der Waals surface area contributed by atoms with E-state index in [9.17, 15) is 18.0 Å². The van der Waals surface area contributed by atoms with Crippen LogP contribution in [0.3, 0.4) is 0 Å². The molecule has 0 N–H and O–H groups in total. The maximum atomic E-state index is 12.1. The lowest BCUT2D eigenvalue weighted by Crippen LogP contribution is -2.25. The summed E-state index contributed by atoms with van der Waals surface area (Å²) in [6, 6.07) is 3.46. The summed E-state index contributed by atoms with van der Waals surface area (Å²) >= 11 is 3.10. The highest BCUT2D eigenvalue weighted by molar-refractivity contribution is 9.10. The highest BCUT2D eigenvalue weighted by Gasteiger charge is 2.31. The first-order valence-electron chi connectivity index (χ1n) is 5.02. The average molecular weight is 343 g/mol. The van der Waals surface area contributed by atoms with Crippen LogP contribution in [0.15, 0.2) is 22.7 Å². The van der Waals surface area contributed by atoms with E-state index in [-0.39, 0.29) is 5.75 Å². The smallest absolute Gasteiger partial charge is 0.478 e. The predicted octanol–water partition coefficient (Wildman–Crippen LogP) is 3.29. The number of ether oxygens (including phenoxy) is 3. The number of rotatable bonds is 4. The number of methoxy groups -OCH3 is 1. The second-order valence-corrected chi connectivity index (χ2v) is 4.28. The Morgan fingerprint density at radius 2 is 2.00 bits per heavy atom. The van der Waals surface area contributed by atoms with Crippen LogP contribution < -0.4 is 9.47 Å². The Morgan fingerprint density at radius 1 is 1.37 bits per heavy atom. The number of carbonyl (C=O) groups is 1. The van der Waals surface area contributed by atoms with Crippen LogP contribution in [0, 0.1) is 0 Å². The van der Waals surface area contributed by atoms with E-state index in [1.807, 2.05) is 0 Å². The van der Waals surface area contributed by atoms with Crippen molar-refractivity contribution in [2.45, 2.75) is 19.4 Å². The fraction of sp³-hybridized carbons (Fsp3) is 0.364. The molecule has 0 spiro atoms. The molecule has 1 rings (SSSR count). The van der Waals surface area contributed by atoms with Crippen LogP contribution in [0.25, 0.3) is 0 Å². The molecule has 4 nitrogen and oxygen atoms in total. The summed E-state index contributed by atoms with van der Waals surface area (Å²) in [6.45, 7) is 1.41. The molecule has 0 bridgehead atoms. The normalized spacial score (nSPS) is 12.7. The molecule has 0 heterocycles. The molecule has 0 radical (unpaired) electrons. The van der Waals surface area contributed by atoms with Crippen molar-refractivity contribution >= 4 is 21.9 Å².